The topological polar surface area (TPSA) is 43.4 Å². The SMILES string of the molecule is CC(C)(C=O)C1CCC(=O)O1. The van der Waals surface area contributed by atoms with E-state index in [1.165, 1.54) is 0 Å². The molecule has 0 N–H and O–H groups in total. The van der Waals surface area contributed by atoms with E-state index in [4.69, 9.17) is 4.74 Å². The lowest BCUT2D eigenvalue weighted by molar-refractivity contribution is -0.146. The number of esters is 1. The van der Waals surface area contributed by atoms with Crippen LogP contribution in [0.5, 0.6) is 0 Å². The van der Waals surface area contributed by atoms with Crippen molar-refractivity contribution in [1.82, 2.24) is 0 Å². The number of hydrogen-bond donors (Lipinski definition) is 0. The van der Waals surface area contributed by atoms with Crippen molar-refractivity contribution in [1.29, 1.82) is 0 Å². The van der Waals surface area contributed by atoms with Crippen LogP contribution in [-0.4, -0.2) is 18.4 Å². The van der Waals surface area contributed by atoms with E-state index in [0.717, 1.165) is 6.29 Å². The van der Waals surface area contributed by atoms with Crippen LogP contribution in [0, 0.1) is 5.41 Å². The molecule has 1 atom stereocenters. The van der Waals surface area contributed by atoms with Gasteiger partial charge in [-0.2, -0.15) is 0 Å². The summed E-state index contributed by atoms with van der Waals surface area (Å²) in [6, 6.07) is 0. The molecule has 0 amide bonds. The zero-order chi connectivity index (χ0) is 8.48. The van der Waals surface area contributed by atoms with Gasteiger partial charge in [0.1, 0.15) is 12.4 Å². The first-order valence-electron chi connectivity index (χ1n) is 3.72. The van der Waals surface area contributed by atoms with Crippen molar-refractivity contribution in [3.63, 3.8) is 0 Å². The predicted octanol–water partition coefficient (Wildman–Crippen LogP) is 0.917. The standard InChI is InChI=1S/C8H12O3/c1-8(2,5-9)6-3-4-7(10)11-6/h5-6H,3-4H2,1-2H3. The molecule has 3 heteroatoms. The summed E-state index contributed by atoms with van der Waals surface area (Å²) in [6.07, 6.45) is 1.75. The van der Waals surface area contributed by atoms with Gasteiger partial charge in [-0.1, -0.05) is 0 Å². The van der Waals surface area contributed by atoms with Crippen LogP contribution in [0.3, 0.4) is 0 Å². The van der Waals surface area contributed by atoms with E-state index in [-0.39, 0.29) is 12.1 Å². The maximum Gasteiger partial charge on any atom is 0.306 e. The van der Waals surface area contributed by atoms with Gasteiger partial charge >= 0.3 is 5.97 Å². The van der Waals surface area contributed by atoms with Crippen molar-refractivity contribution >= 4 is 12.3 Å². The first kappa shape index (κ1) is 8.24. The number of carbonyl (C=O) groups excluding carboxylic acids is 2. The molecule has 1 rings (SSSR count). The zero-order valence-corrected chi connectivity index (χ0v) is 6.79. The fourth-order valence-electron chi connectivity index (χ4n) is 1.13. The van der Waals surface area contributed by atoms with E-state index in [1.54, 1.807) is 13.8 Å². The summed E-state index contributed by atoms with van der Waals surface area (Å²) < 4.78 is 4.95. The maximum atomic E-state index is 10.7. The molecule has 3 nitrogen and oxygen atoms in total. The molecule has 62 valence electrons. The van der Waals surface area contributed by atoms with Crippen molar-refractivity contribution in [2.75, 3.05) is 0 Å². The van der Waals surface area contributed by atoms with Crippen LogP contribution in [0.15, 0.2) is 0 Å². The molecule has 0 saturated carbocycles. The molecular weight excluding hydrogens is 144 g/mol. The Morgan fingerprint density at radius 3 is 2.64 bits per heavy atom. The number of aldehydes is 1. The summed E-state index contributed by atoms with van der Waals surface area (Å²) in [7, 11) is 0. The van der Waals surface area contributed by atoms with E-state index in [2.05, 4.69) is 0 Å². The summed E-state index contributed by atoms with van der Waals surface area (Å²) >= 11 is 0. The average molecular weight is 156 g/mol. The quantitative estimate of drug-likeness (QED) is 0.441. The Morgan fingerprint density at radius 2 is 2.27 bits per heavy atom. The van der Waals surface area contributed by atoms with Crippen LogP contribution >= 0.6 is 0 Å². The van der Waals surface area contributed by atoms with Gasteiger partial charge in [0.25, 0.3) is 0 Å². The van der Waals surface area contributed by atoms with Crippen LogP contribution in [0.1, 0.15) is 26.7 Å². The maximum absolute atomic E-state index is 10.7. The summed E-state index contributed by atoms with van der Waals surface area (Å²) in [5, 5.41) is 0. The van der Waals surface area contributed by atoms with E-state index in [0.29, 0.717) is 12.8 Å². The Kier molecular flexibility index (Phi) is 1.98. The second-order valence-corrected chi connectivity index (χ2v) is 3.46. The number of ether oxygens (including phenoxy) is 1. The number of hydrogen-bond acceptors (Lipinski definition) is 3. The highest BCUT2D eigenvalue weighted by molar-refractivity contribution is 5.73. The molecule has 11 heavy (non-hydrogen) atoms. The molecule has 0 aromatic rings. The monoisotopic (exact) mass is 156 g/mol. The molecule has 1 heterocycles. The van der Waals surface area contributed by atoms with Crippen molar-refractivity contribution in [3.8, 4) is 0 Å². The van der Waals surface area contributed by atoms with Crippen LogP contribution in [-0.2, 0) is 14.3 Å². The normalized spacial score (nSPS) is 24.9. The molecule has 1 unspecified atom stereocenters. The molecule has 0 aliphatic carbocycles. The largest absolute Gasteiger partial charge is 0.461 e. The van der Waals surface area contributed by atoms with E-state index in [1.807, 2.05) is 0 Å². The molecule has 1 aliphatic heterocycles. The van der Waals surface area contributed by atoms with Gasteiger partial charge in [0.15, 0.2) is 0 Å². The fourth-order valence-corrected chi connectivity index (χ4v) is 1.13. The summed E-state index contributed by atoms with van der Waals surface area (Å²) in [4.78, 5) is 21.2. The molecule has 1 saturated heterocycles. The van der Waals surface area contributed by atoms with Gasteiger partial charge in [0.2, 0.25) is 0 Å². The van der Waals surface area contributed by atoms with Crippen molar-refractivity contribution in [2.45, 2.75) is 32.8 Å². The van der Waals surface area contributed by atoms with Gasteiger partial charge in [0.05, 0.1) is 5.41 Å². The Bertz CT molecular complexity index is 184. The third kappa shape index (κ3) is 1.59. The van der Waals surface area contributed by atoms with E-state index >= 15 is 0 Å². The molecule has 1 aliphatic rings. The lowest BCUT2D eigenvalue weighted by Crippen LogP contribution is -2.30. The Morgan fingerprint density at radius 1 is 1.64 bits per heavy atom. The van der Waals surface area contributed by atoms with Gasteiger partial charge in [-0.15, -0.1) is 0 Å². The zero-order valence-electron chi connectivity index (χ0n) is 6.79. The van der Waals surface area contributed by atoms with Crippen LogP contribution in [0.25, 0.3) is 0 Å². The summed E-state index contributed by atoms with van der Waals surface area (Å²) in [5.74, 6) is -0.190. The number of cyclic esters (lactones) is 1. The Labute approximate surface area is 65.7 Å². The molecule has 0 aromatic heterocycles. The third-order valence-electron chi connectivity index (χ3n) is 2.02. The lowest BCUT2D eigenvalue weighted by Gasteiger charge is -2.23. The van der Waals surface area contributed by atoms with Gasteiger partial charge in [-0.3, -0.25) is 4.79 Å². The Hall–Kier alpha value is -0.860. The minimum Gasteiger partial charge on any atom is -0.461 e. The molecule has 0 radical (unpaired) electrons. The molecule has 1 fully saturated rings. The van der Waals surface area contributed by atoms with Crippen molar-refractivity contribution in [3.05, 3.63) is 0 Å². The van der Waals surface area contributed by atoms with Crippen LogP contribution < -0.4 is 0 Å². The Balaban J connectivity index is 2.62. The summed E-state index contributed by atoms with van der Waals surface area (Å²) in [5.41, 5.74) is -0.522. The lowest BCUT2D eigenvalue weighted by atomic mass is 9.87. The highest BCUT2D eigenvalue weighted by Crippen LogP contribution is 2.29. The number of carbonyl (C=O) groups is 2. The average Bonchev–Trinajstić information content (AvgIpc) is 2.36. The summed E-state index contributed by atoms with van der Waals surface area (Å²) in [6.45, 7) is 3.56. The fraction of sp³-hybridized carbons (Fsp3) is 0.750. The highest BCUT2D eigenvalue weighted by atomic mass is 16.5. The van der Waals surface area contributed by atoms with Crippen LogP contribution in [0.4, 0.5) is 0 Å². The second-order valence-electron chi connectivity index (χ2n) is 3.46. The first-order valence-corrected chi connectivity index (χ1v) is 3.72. The predicted molar refractivity (Wildman–Crippen MR) is 39.0 cm³/mol. The van der Waals surface area contributed by atoms with Crippen LogP contribution in [0.2, 0.25) is 0 Å². The number of rotatable bonds is 2. The van der Waals surface area contributed by atoms with Gasteiger partial charge in [-0.05, 0) is 20.3 Å². The van der Waals surface area contributed by atoms with Crippen molar-refractivity contribution in [2.24, 2.45) is 5.41 Å². The minimum absolute atomic E-state index is 0.190. The van der Waals surface area contributed by atoms with E-state index in [9.17, 15) is 9.59 Å². The molecular formula is C8H12O3. The molecule has 0 bridgehead atoms. The minimum atomic E-state index is -0.522. The van der Waals surface area contributed by atoms with Gasteiger partial charge in [0, 0.05) is 6.42 Å². The third-order valence-corrected chi connectivity index (χ3v) is 2.02. The second kappa shape index (κ2) is 2.64. The van der Waals surface area contributed by atoms with Crippen molar-refractivity contribution < 1.29 is 14.3 Å². The first-order chi connectivity index (χ1) is 5.06. The smallest absolute Gasteiger partial charge is 0.306 e. The van der Waals surface area contributed by atoms with E-state index < -0.39 is 5.41 Å². The van der Waals surface area contributed by atoms with Gasteiger partial charge < -0.3 is 9.53 Å². The molecule has 0 spiro atoms. The van der Waals surface area contributed by atoms with Gasteiger partial charge in [-0.25, -0.2) is 0 Å². The molecule has 0 aromatic carbocycles. The highest BCUT2D eigenvalue weighted by Gasteiger charge is 2.36.